The zero-order chi connectivity index (χ0) is 35.1. The number of nitrogens with zero attached hydrogens (tertiary/aromatic N) is 3. The number of aliphatic carboxylic acids is 1. The Morgan fingerprint density at radius 1 is 1.10 bits per heavy atom. The lowest BCUT2D eigenvalue weighted by atomic mass is 9.70. The van der Waals surface area contributed by atoms with E-state index in [0.29, 0.717) is 22.7 Å². The van der Waals surface area contributed by atoms with E-state index in [0.717, 1.165) is 21.7 Å². The SMILES string of the molecule is COCC1=C[C@H](c2ccc(N(C)S(=O)(=O)c3ccc4c(c3)nc(C)n4C)cc2)[C@@H](C(=O)O)[C@H](C(=O)Nc2ccc(C(F)(F)F)cc2F)C1. The highest BCUT2D eigenvalue weighted by Crippen LogP contribution is 2.42. The summed E-state index contributed by atoms with van der Waals surface area (Å²) in [5, 5.41) is 12.5. The fourth-order valence-corrected chi connectivity index (χ4v) is 7.16. The second-order valence-electron chi connectivity index (χ2n) is 11.6. The summed E-state index contributed by atoms with van der Waals surface area (Å²) in [5.74, 6) is -6.32. The number of aromatic nitrogens is 2. The van der Waals surface area contributed by atoms with Gasteiger partial charge in [0.2, 0.25) is 5.91 Å². The molecule has 1 aromatic heterocycles. The number of hydrogen-bond donors (Lipinski definition) is 2. The van der Waals surface area contributed by atoms with Gasteiger partial charge in [-0.05, 0) is 73.0 Å². The molecule has 5 rings (SSSR count). The zero-order valence-electron chi connectivity index (χ0n) is 26.2. The van der Waals surface area contributed by atoms with Gasteiger partial charge in [0.1, 0.15) is 11.6 Å². The van der Waals surface area contributed by atoms with Crippen LogP contribution in [0.2, 0.25) is 0 Å². The molecule has 0 aliphatic heterocycles. The summed E-state index contributed by atoms with van der Waals surface area (Å²) in [6.45, 7) is 1.87. The van der Waals surface area contributed by atoms with E-state index in [1.807, 2.05) is 18.5 Å². The van der Waals surface area contributed by atoms with E-state index in [9.17, 15) is 40.7 Å². The maximum absolute atomic E-state index is 14.6. The van der Waals surface area contributed by atoms with E-state index in [4.69, 9.17) is 4.74 Å². The molecule has 0 bridgehead atoms. The van der Waals surface area contributed by atoms with E-state index in [1.54, 1.807) is 24.3 Å². The standard InChI is InChI=1S/C33H32F4N4O6S/c1-18-38-28-16-23(10-12-29(28)40(18)2)48(45,46)41(3)22-8-5-20(6-9-22)24-13-19(17-47-4)14-25(30(24)32(43)44)31(42)39-27-11-7-21(15-26(27)34)33(35,36)37/h5-13,15-16,24-25,30H,14,17H2,1-4H3,(H,39,42)(H,43,44)/t24-,25-,30-/m1/s1. The van der Waals surface area contributed by atoms with Crippen molar-refractivity contribution >= 4 is 44.3 Å². The van der Waals surface area contributed by atoms with Gasteiger partial charge in [0, 0.05) is 27.1 Å². The van der Waals surface area contributed by atoms with Crippen molar-refractivity contribution in [2.24, 2.45) is 18.9 Å². The lowest BCUT2D eigenvalue weighted by molar-refractivity contribution is -0.147. The Morgan fingerprint density at radius 3 is 2.40 bits per heavy atom. The predicted octanol–water partition coefficient (Wildman–Crippen LogP) is 5.88. The number of carboxylic acids is 1. The van der Waals surface area contributed by atoms with E-state index >= 15 is 0 Å². The number of carbonyl (C=O) groups excluding carboxylic acids is 1. The molecule has 0 unspecified atom stereocenters. The van der Waals surface area contributed by atoms with Crippen LogP contribution in [0.1, 0.15) is 29.3 Å². The Balaban J connectivity index is 1.43. The number of fused-ring (bicyclic) bond motifs is 1. The summed E-state index contributed by atoms with van der Waals surface area (Å²) in [6, 6.07) is 12.5. The monoisotopic (exact) mass is 688 g/mol. The molecule has 0 fully saturated rings. The zero-order valence-corrected chi connectivity index (χ0v) is 27.1. The molecule has 2 N–H and O–H groups in total. The number of carbonyl (C=O) groups is 2. The van der Waals surface area contributed by atoms with E-state index in [2.05, 4.69) is 10.3 Å². The van der Waals surface area contributed by atoms with Gasteiger partial charge in [-0.3, -0.25) is 13.9 Å². The van der Waals surface area contributed by atoms with Gasteiger partial charge < -0.3 is 19.7 Å². The smallest absolute Gasteiger partial charge is 0.416 e. The Morgan fingerprint density at radius 2 is 1.79 bits per heavy atom. The van der Waals surface area contributed by atoms with Crippen molar-refractivity contribution < 1.29 is 45.4 Å². The Bertz CT molecular complexity index is 2030. The third-order valence-corrected chi connectivity index (χ3v) is 10.4. The van der Waals surface area contributed by atoms with Crippen LogP contribution in [0.25, 0.3) is 11.0 Å². The van der Waals surface area contributed by atoms with Crippen LogP contribution >= 0.6 is 0 Å². The fraction of sp³-hybridized carbons (Fsp3) is 0.303. The molecule has 15 heteroatoms. The number of benzene rings is 3. The number of ether oxygens (including phenoxy) is 1. The van der Waals surface area contributed by atoms with Gasteiger partial charge >= 0.3 is 12.1 Å². The number of sulfonamides is 1. The summed E-state index contributed by atoms with van der Waals surface area (Å²) < 4.78 is 88.8. The second kappa shape index (κ2) is 13.0. The van der Waals surface area contributed by atoms with E-state index in [1.165, 1.54) is 38.4 Å². The van der Waals surface area contributed by atoms with Crippen LogP contribution in [0.3, 0.4) is 0 Å². The molecule has 0 saturated heterocycles. The number of anilines is 2. The first-order valence-corrected chi connectivity index (χ1v) is 16.1. The molecular formula is C33H32F4N4O6S. The number of allylic oxidation sites excluding steroid dienone is 1. The molecule has 1 aliphatic rings. The fourth-order valence-electron chi connectivity index (χ4n) is 5.94. The van der Waals surface area contributed by atoms with Gasteiger partial charge in [-0.2, -0.15) is 13.2 Å². The van der Waals surface area contributed by atoms with Crippen LogP contribution in [0, 0.1) is 24.6 Å². The normalized spacial score (nSPS) is 18.4. The van der Waals surface area contributed by atoms with Gasteiger partial charge in [-0.1, -0.05) is 18.2 Å². The van der Waals surface area contributed by atoms with Gasteiger partial charge in [0.25, 0.3) is 10.0 Å². The summed E-state index contributed by atoms with van der Waals surface area (Å²) in [6.07, 6.45) is -3.19. The van der Waals surface area contributed by atoms with Crippen LogP contribution in [0.5, 0.6) is 0 Å². The molecule has 1 amide bonds. The predicted molar refractivity (Wildman–Crippen MR) is 169 cm³/mol. The van der Waals surface area contributed by atoms with Crippen LogP contribution in [0.4, 0.5) is 28.9 Å². The molecule has 1 heterocycles. The van der Waals surface area contributed by atoms with Crippen molar-refractivity contribution in [2.75, 3.05) is 30.4 Å². The lowest BCUT2D eigenvalue weighted by Gasteiger charge is -2.34. The summed E-state index contributed by atoms with van der Waals surface area (Å²) >= 11 is 0. The van der Waals surface area contributed by atoms with Crippen LogP contribution in [0.15, 0.2) is 77.2 Å². The first-order chi connectivity index (χ1) is 22.5. The molecule has 0 saturated carbocycles. The molecule has 10 nitrogen and oxygen atoms in total. The summed E-state index contributed by atoms with van der Waals surface area (Å²) in [5.41, 5.74) is 0.850. The number of nitrogens with one attached hydrogen (secondary N) is 1. The van der Waals surface area contributed by atoms with Crippen molar-refractivity contribution in [3.8, 4) is 0 Å². The van der Waals surface area contributed by atoms with E-state index in [-0.39, 0.29) is 29.7 Å². The molecule has 0 radical (unpaired) electrons. The highest BCUT2D eigenvalue weighted by atomic mass is 32.2. The van der Waals surface area contributed by atoms with Crippen LogP contribution < -0.4 is 9.62 Å². The number of carboxylic acid groups (broad SMARTS) is 1. The minimum absolute atomic E-state index is 0.0309. The van der Waals surface area contributed by atoms with Gasteiger partial charge in [-0.25, -0.2) is 17.8 Å². The first kappa shape index (κ1) is 34.6. The van der Waals surface area contributed by atoms with Crippen molar-refractivity contribution in [3.05, 3.63) is 95.1 Å². The van der Waals surface area contributed by atoms with Crippen molar-refractivity contribution in [1.29, 1.82) is 0 Å². The maximum Gasteiger partial charge on any atom is 0.416 e. The highest BCUT2D eigenvalue weighted by Gasteiger charge is 2.43. The summed E-state index contributed by atoms with van der Waals surface area (Å²) in [7, 11) is 0.620. The summed E-state index contributed by atoms with van der Waals surface area (Å²) in [4.78, 5) is 30.5. The van der Waals surface area contributed by atoms with Crippen LogP contribution in [-0.2, 0) is 37.6 Å². The van der Waals surface area contributed by atoms with Crippen molar-refractivity contribution in [1.82, 2.24) is 9.55 Å². The third kappa shape index (κ3) is 6.65. The highest BCUT2D eigenvalue weighted by molar-refractivity contribution is 7.92. The topological polar surface area (TPSA) is 131 Å². The van der Waals surface area contributed by atoms with Crippen molar-refractivity contribution in [2.45, 2.75) is 30.3 Å². The lowest BCUT2D eigenvalue weighted by Crippen LogP contribution is -2.40. The number of aryl methyl sites for hydroxylation is 2. The average Bonchev–Trinajstić information content (AvgIpc) is 3.32. The number of hydrogen-bond acceptors (Lipinski definition) is 6. The Labute approximate surface area is 273 Å². The molecule has 3 aromatic carbocycles. The maximum atomic E-state index is 14.6. The van der Waals surface area contributed by atoms with E-state index < -0.39 is 62.9 Å². The Kier molecular flexibility index (Phi) is 9.39. The molecule has 0 spiro atoms. The second-order valence-corrected chi connectivity index (χ2v) is 13.5. The van der Waals surface area contributed by atoms with Crippen molar-refractivity contribution in [3.63, 3.8) is 0 Å². The number of imidazole rings is 1. The molecule has 1 aliphatic carbocycles. The first-order valence-electron chi connectivity index (χ1n) is 14.6. The number of rotatable bonds is 9. The number of halogens is 4. The molecule has 3 atom stereocenters. The Hall–Kier alpha value is -4.76. The van der Waals surface area contributed by atoms with Gasteiger partial charge in [-0.15, -0.1) is 0 Å². The van der Waals surface area contributed by atoms with Gasteiger partial charge in [0.05, 0.1) is 51.3 Å². The average molecular weight is 689 g/mol. The third-order valence-electron chi connectivity index (χ3n) is 8.60. The number of amides is 1. The minimum atomic E-state index is -4.80. The molecular weight excluding hydrogens is 656 g/mol. The molecule has 4 aromatic rings. The molecule has 254 valence electrons. The molecule has 48 heavy (non-hydrogen) atoms. The quantitative estimate of drug-likeness (QED) is 0.166. The minimum Gasteiger partial charge on any atom is -0.481 e. The number of methoxy groups -OCH3 is 1. The largest absolute Gasteiger partial charge is 0.481 e. The number of alkyl halides is 3. The van der Waals surface area contributed by atoms with Gasteiger partial charge in [0.15, 0.2) is 0 Å². The van der Waals surface area contributed by atoms with Crippen LogP contribution in [-0.4, -0.2) is 55.7 Å².